The molecule has 0 aliphatic carbocycles. The van der Waals surface area contributed by atoms with Gasteiger partial charge >= 0.3 is 11.9 Å². The maximum atomic E-state index is 13.2. The fourth-order valence-corrected chi connectivity index (χ4v) is 4.49. The number of hydrogen-bond acceptors (Lipinski definition) is 8. The van der Waals surface area contributed by atoms with Gasteiger partial charge in [0.05, 0.1) is 50.0 Å². The van der Waals surface area contributed by atoms with Crippen molar-refractivity contribution in [1.29, 1.82) is 0 Å². The average molecular weight is 486 g/mol. The molecule has 0 saturated carbocycles. The Kier molecular flexibility index (Phi) is 8.76. The lowest BCUT2D eigenvalue weighted by Crippen LogP contribution is -2.29. The van der Waals surface area contributed by atoms with Crippen molar-refractivity contribution in [2.75, 3.05) is 20.3 Å². The van der Waals surface area contributed by atoms with E-state index in [9.17, 15) is 9.59 Å². The van der Waals surface area contributed by atoms with Gasteiger partial charge in [0.2, 0.25) is 0 Å². The molecular weight excluding hydrogens is 454 g/mol. The predicted molar refractivity (Wildman–Crippen MR) is 131 cm³/mol. The van der Waals surface area contributed by atoms with E-state index >= 15 is 0 Å². The Hall–Kier alpha value is -3.26. The Bertz CT molecular complexity index is 1020. The first-order valence-corrected chi connectivity index (χ1v) is 12.2. The van der Waals surface area contributed by atoms with Crippen LogP contribution in [0.25, 0.3) is 0 Å². The number of benzene rings is 1. The number of methoxy groups -OCH3 is 1. The van der Waals surface area contributed by atoms with Crippen LogP contribution in [0.5, 0.6) is 11.5 Å². The smallest absolute Gasteiger partial charge is 0.336 e. The number of carbonyl (C=O) groups is 2. The lowest BCUT2D eigenvalue weighted by molar-refractivity contribution is -0.139. The number of hydrogen-bond donors (Lipinski definition) is 0. The SMILES string of the molecule is CCOC(=O)C1=CN(Cc2cccs2)C=C(C(=O)OCC)C1c1cccc(OC)c1OC(C)C. The van der Waals surface area contributed by atoms with Crippen LogP contribution in [0, 0.1) is 0 Å². The Balaban J connectivity index is 2.19. The Morgan fingerprint density at radius 2 is 1.65 bits per heavy atom. The number of carbonyl (C=O) groups excluding carboxylic acids is 2. The van der Waals surface area contributed by atoms with E-state index in [4.69, 9.17) is 18.9 Å². The summed E-state index contributed by atoms with van der Waals surface area (Å²) in [6, 6.07) is 9.40. The van der Waals surface area contributed by atoms with Crippen molar-refractivity contribution in [3.63, 3.8) is 0 Å². The Labute approximate surface area is 204 Å². The summed E-state index contributed by atoms with van der Waals surface area (Å²) in [6.45, 7) is 8.23. The minimum atomic E-state index is -0.749. The zero-order valence-electron chi connectivity index (χ0n) is 20.2. The van der Waals surface area contributed by atoms with Crippen LogP contribution in [0.2, 0.25) is 0 Å². The van der Waals surface area contributed by atoms with Crippen LogP contribution in [0.4, 0.5) is 0 Å². The molecule has 3 rings (SSSR count). The van der Waals surface area contributed by atoms with Crippen LogP contribution < -0.4 is 9.47 Å². The van der Waals surface area contributed by atoms with Crippen LogP contribution in [0.1, 0.15) is 44.1 Å². The van der Waals surface area contributed by atoms with Crippen molar-refractivity contribution < 1.29 is 28.5 Å². The van der Waals surface area contributed by atoms with Gasteiger partial charge in [-0.2, -0.15) is 0 Å². The van der Waals surface area contributed by atoms with E-state index in [0.29, 0.717) is 34.8 Å². The summed E-state index contributed by atoms with van der Waals surface area (Å²) in [7, 11) is 1.56. The highest BCUT2D eigenvalue weighted by molar-refractivity contribution is 7.09. The lowest BCUT2D eigenvalue weighted by Gasteiger charge is -2.31. The standard InChI is InChI=1S/C26H31NO6S/c1-6-31-25(28)20-15-27(14-18-10-9-13-34-18)16-21(26(29)32-7-2)23(20)19-11-8-12-22(30-5)24(19)33-17(3)4/h8-13,15-17,23H,6-7,14H2,1-5H3. The first-order valence-electron chi connectivity index (χ1n) is 11.3. The molecule has 0 fully saturated rings. The van der Waals surface area contributed by atoms with Crippen molar-refractivity contribution in [3.05, 3.63) is 69.7 Å². The molecule has 0 N–H and O–H groups in total. The fraction of sp³-hybridized carbons (Fsp3) is 0.385. The monoisotopic (exact) mass is 485 g/mol. The molecule has 0 spiro atoms. The molecule has 2 aromatic rings. The molecule has 1 aliphatic rings. The molecule has 0 radical (unpaired) electrons. The largest absolute Gasteiger partial charge is 0.493 e. The lowest BCUT2D eigenvalue weighted by atomic mass is 9.82. The molecule has 1 aliphatic heterocycles. The first-order chi connectivity index (χ1) is 16.4. The van der Waals surface area contributed by atoms with Crippen molar-refractivity contribution in [2.24, 2.45) is 0 Å². The Morgan fingerprint density at radius 1 is 1.00 bits per heavy atom. The van der Waals surface area contributed by atoms with Crippen LogP contribution in [-0.4, -0.2) is 43.3 Å². The van der Waals surface area contributed by atoms with Gasteiger partial charge in [0, 0.05) is 22.8 Å². The normalized spacial score (nSPS) is 13.9. The topological polar surface area (TPSA) is 74.3 Å². The highest BCUT2D eigenvalue weighted by Gasteiger charge is 2.38. The second-order valence-electron chi connectivity index (χ2n) is 7.84. The summed E-state index contributed by atoms with van der Waals surface area (Å²) in [4.78, 5) is 29.3. The van der Waals surface area contributed by atoms with E-state index in [1.165, 1.54) is 0 Å². The summed E-state index contributed by atoms with van der Waals surface area (Å²) >= 11 is 1.60. The van der Waals surface area contributed by atoms with Crippen molar-refractivity contribution in [1.82, 2.24) is 4.90 Å². The Morgan fingerprint density at radius 3 is 2.15 bits per heavy atom. The van der Waals surface area contributed by atoms with E-state index < -0.39 is 17.9 Å². The van der Waals surface area contributed by atoms with E-state index in [1.807, 2.05) is 48.4 Å². The van der Waals surface area contributed by atoms with E-state index in [1.54, 1.807) is 50.8 Å². The maximum Gasteiger partial charge on any atom is 0.336 e. The highest BCUT2D eigenvalue weighted by atomic mass is 32.1. The third-order valence-electron chi connectivity index (χ3n) is 5.07. The summed E-state index contributed by atoms with van der Waals surface area (Å²) in [5, 5.41) is 1.99. The number of rotatable bonds is 10. The molecule has 182 valence electrons. The number of para-hydroxylation sites is 1. The zero-order valence-corrected chi connectivity index (χ0v) is 21.0. The molecular formula is C26H31NO6S. The van der Waals surface area contributed by atoms with Crippen molar-refractivity contribution >= 4 is 23.3 Å². The number of nitrogens with zero attached hydrogens (tertiary/aromatic N) is 1. The van der Waals surface area contributed by atoms with Gasteiger partial charge in [-0.3, -0.25) is 0 Å². The molecule has 8 heteroatoms. The van der Waals surface area contributed by atoms with Gasteiger partial charge in [-0.25, -0.2) is 9.59 Å². The molecule has 0 atom stereocenters. The molecule has 34 heavy (non-hydrogen) atoms. The number of ether oxygens (including phenoxy) is 4. The van der Waals surface area contributed by atoms with Gasteiger partial charge in [-0.1, -0.05) is 18.2 Å². The summed E-state index contributed by atoms with van der Waals surface area (Å²) in [5.74, 6) is -0.768. The molecule has 0 bridgehead atoms. The predicted octanol–water partition coefficient (Wildman–Crippen LogP) is 5.04. The molecule has 1 aromatic heterocycles. The maximum absolute atomic E-state index is 13.2. The fourth-order valence-electron chi connectivity index (χ4n) is 3.77. The number of esters is 2. The molecule has 1 aromatic carbocycles. The van der Waals surface area contributed by atoms with Gasteiger partial charge in [-0.15, -0.1) is 11.3 Å². The van der Waals surface area contributed by atoms with Crippen LogP contribution in [-0.2, 0) is 25.6 Å². The third-order valence-corrected chi connectivity index (χ3v) is 5.93. The van der Waals surface area contributed by atoms with Crippen LogP contribution >= 0.6 is 11.3 Å². The second kappa shape index (κ2) is 11.7. The minimum absolute atomic E-state index is 0.154. The van der Waals surface area contributed by atoms with Gasteiger partial charge in [0.15, 0.2) is 11.5 Å². The third kappa shape index (κ3) is 5.80. The number of thiophene rings is 1. The second-order valence-corrected chi connectivity index (χ2v) is 8.87. The summed E-state index contributed by atoms with van der Waals surface area (Å²) in [6.07, 6.45) is 3.33. The van der Waals surface area contributed by atoms with Crippen molar-refractivity contribution in [3.8, 4) is 11.5 Å². The van der Waals surface area contributed by atoms with Gasteiger partial charge < -0.3 is 23.8 Å². The van der Waals surface area contributed by atoms with E-state index in [-0.39, 0.29) is 19.3 Å². The summed E-state index contributed by atoms with van der Waals surface area (Å²) in [5.41, 5.74) is 1.28. The van der Waals surface area contributed by atoms with Crippen LogP contribution in [0.3, 0.4) is 0 Å². The molecule has 7 nitrogen and oxygen atoms in total. The van der Waals surface area contributed by atoms with Gasteiger partial charge in [0.25, 0.3) is 0 Å². The van der Waals surface area contributed by atoms with Crippen molar-refractivity contribution in [2.45, 2.75) is 46.3 Å². The molecule has 0 saturated heterocycles. The zero-order chi connectivity index (χ0) is 24.7. The minimum Gasteiger partial charge on any atom is -0.493 e. The molecule has 2 heterocycles. The van der Waals surface area contributed by atoms with E-state index in [2.05, 4.69) is 0 Å². The van der Waals surface area contributed by atoms with Gasteiger partial charge in [-0.05, 0) is 45.2 Å². The van der Waals surface area contributed by atoms with Gasteiger partial charge in [0.1, 0.15) is 0 Å². The van der Waals surface area contributed by atoms with Crippen LogP contribution in [0.15, 0.2) is 59.3 Å². The summed E-state index contributed by atoms with van der Waals surface area (Å²) < 4.78 is 22.5. The first kappa shape index (κ1) is 25.4. The quantitative estimate of drug-likeness (QED) is 0.437. The molecule has 0 unspecified atom stereocenters. The van der Waals surface area contributed by atoms with E-state index in [0.717, 1.165) is 4.88 Å². The molecule has 0 amide bonds. The highest BCUT2D eigenvalue weighted by Crippen LogP contribution is 2.45. The average Bonchev–Trinajstić information content (AvgIpc) is 3.32.